The summed E-state index contributed by atoms with van der Waals surface area (Å²) in [5.41, 5.74) is 0.522. The minimum atomic E-state index is -0.692. The zero-order valence-electron chi connectivity index (χ0n) is 20.9. The van der Waals surface area contributed by atoms with Crippen LogP contribution in [-0.4, -0.2) is 43.8 Å². The second kappa shape index (κ2) is 10.3. The Morgan fingerprint density at radius 3 is 2.56 bits per heavy atom. The molecule has 1 aromatic carbocycles. The maximum absolute atomic E-state index is 15.0. The van der Waals surface area contributed by atoms with Crippen LogP contribution in [0.1, 0.15) is 56.7 Å². The number of Topliss-reactive ketones (excluding diaryl/α,β-unsaturated/α-hetero) is 1. The number of rotatable bonds is 6. The number of nitrogens with one attached hydrogen (secondary N) is 1. The van der Waals surface area contributed by atoms with E-state index in [-0.39, 0.29) is 22.1 Å². The number of amides is 1. The van der Waals surface area contributed by atoms with Gasteiger partial charge in [0.25, 0.3) is 5.91 Å². The van der Waals surface area contributed by atoms with Crippen LogP contribution in [0.2, 0.25) is 5.02 Å². The summed E-state index contributed by atoms with van der Waals surface area (Å²) in [6.45, 7) is 8.96. The summed E-state index contributed by atoms with van der Waals surface area (Å²) < 4.78 is 16.8. The lowest BCUT2D eigenvalue weighted by Crippen LogP contribution is -2.49. The van der Waals surface area contributed by atoms with Gasteiger partial charge in [0.1, 0.15) is 11.6 Å². The summed E-state index contributed by atoms with van der Waals surface area (Å²) in [6.07, 6.45) is 4.33. The van der Waals surface area contributed by atoms with Crippen molar-refractivity contribution >= 4 is 29.2 Å². The number of aromatic nitrogens is 4. The lowest BCUT2D eigenvalue weighted by Gasteiger charge is -2.30. The van der Waals surface area contributed by atoms with E-state index in [0.29, 0.717) is 49.9 Å². The molecule has 2 aromatic heterocycles. The molecule has 190 valence electrons. The summed E-state index contributed by atoms with van der Waals surface area (Å²) in [7, 11) is 0. The van der Waals surface area contributed by atoms with E-state index in [9.17, 15) is 14.0 Å². The fraction of sp³-hybridized carbons (Fsp3) is 0.423. The zero-order valence-corrected chi connectivity index (χ0v) is 21.6. The van der Waals surface area contributed by atoms with Crippen molar-refractivity contribution in [3.63, 3.8) is 0 Å². The number of carbonyl (C=O) groups is 2. The molecular formula is C26H30ClFN6O2. The number of benzene rings is 1. The topological polar surface area (TPSA) is 93.0 Å². The van der Waals surface area contributed by atoms with E-state index in [0.717, 1.165) is 0 Å². The molecule has 1 amide bonds. The van der Waals surface area contributed by atoms with Crippen LogP contribution in [0.5, 0.6) is 0 Å². The lowest BCUT2D eigenvalue weighted by atomic mass is 9.83. The van der Waals surface area contributed by atoms with Gasteiger partial charge in [0.2, 0.25) is 5.95 Å². The van der Waals surface area contributed by atoms with E-state index in [1.807, 2.05) is 30.2 Å². The van der Waals surface area contributed by atoms with Gasteiger partial charge in [0.05, 0.1) is 23.8 Å². The van der Waals surface area contributed by atoms with Gasteiger partial charge in [-0.05, 0) is 36.1 Å². The SMILES string of the molecule is CCC(=O)[C@@H](NC(=O)c1nc(-c2ccc(Cl)cc2F)n2c1CN(c1ncccn1)CCC2)C(C)(C)C. The maximum Gasteiger partial charge on any atom is 0.272 e. The molecule has 3 heterocycles. The van der Waals surface area contributed by atoms with Crippen LogP contribution in [0.15, 0.2) is 36.7 Å². The molecule has 1 atom stereocenters. The largest absolute Gasteiger partial charge is 0.340 e. The highest BCUT2D eigenvalue weighted by Gasteiger charge is 2.35. The Morgan fingerprint density at radius 2 is 1.92 bits per heavy atom. The highest BCUT2D eigenvalue weighted by Crippen LogP contribution is 2.31. The first kappa shape index (κ1) is 25.8. The van der Waals surface area contributed by atoms with Crippen molar-refractivity contribution in [1.82, 2.24) is 24.8 Å². The van der Waals surface area contributed by atoms with Crippen molar-refractivity contribution in [2.24, 2.45) is 5.41 Å². The molecule has 8 nitrogen and oxygen atoms in total. The van der Waals surface area contributed by atoms with Crippen molar-refractivity contribution < 1.29 is 14.0 Å². The van der Waals surface area contributed by atoms with Gasteiger partial charge in [-0.15, -0.1) is 0 Å². The van der Waals surface area contributed by atoms with Gasteiger partial charge < -0.3 is 14.8 Å². The average Bonchev–Trinajstić information content (AvgIpc) is 3.04. The second-order valence-electron chi connectivity index (χ2n) is 9.92. The van der Waals surface area contributed by atoms with E-state index in [4.69, 9.17) is 11.6 Å². The lowest BCUT2D eigenvalue weighted by molar-refractivity contribution is -0.122. The first-order valence-electron chi connectivity index (χ1n) is 12.0. The number of imidazole rings is 1. The molecule has 4 rings (SSSR count). The highest BCUT2D eigenvalue weighted by atomic mass is 35.5. The van der Waals surface area contributed by atoms with Crippen molar-refractivity contribution in [3.05, 3.63) is 58.9 Å². The van der Waals surface area contributed by atoms with Crippen LogP contribution in [0.25, 0.3) is 11.4 Å². The van der Waals surface area contributed by atoms with Crippen LogP contribution in [0, 0.1) is 11.2 Å². The number of fused-ring (bicyclic) bond motifs is 1. The predicted molar refractivity (Wildman–Crippen MR) is 136 cm³/mol. The maximum atomic E-state index is 15.0. The first-order chi connectivity index (χ1) is 17.1. The minimum Gasteiger partial charge on any atom is -0.340 e. The number of hydrogen-bond acceptors (Lipinski definition) is 6. The minimum absolute atomic E-state index is 0.0653. The Bertz CT molecular complexity index is 1270. The van der Waals surface area contributed by atoms with E-state index < -0.39 is 23.2 Å². The number of hydrogen-bond donors (Lipinski definition) is 1. The third-order valence-electron chi connectivity index (χ3n) is 6.26. The Labute approximate surface area is 214 Å². The molecule has 0 spiro atoms. The van der Waals surface area contributed by atoms with Gasteiger partial charge in [-0.25, -0.2) is 19.3 Å². The van der Waals surface area contributed by atoms with Crippen molar-refractivity contribution in [2.45, 2.75) is 59.7 Å². The van der Waals surface area contributed by atoms with Crippen molar-refractivity contribution in [2.75, 3.05) is 11.4 Å². The summed E-state index contributed by atoms with van der Waals surface area (Å²) in [6, 6.07) is 5.44. The van der Waals surface area contributed by atoms with Crippen LogP contribution in [0.3, 0.4) is 0 Å². The molecule has 0 aliphatic carbocycles. The number of ketones is 1. The van der Waals surface area contributed by atoms with Gasteiger partial charge in [-0.1, -0.05) is 39.3 Å². The normalized spacial score (nSPS) is 14.7. The molecule has 36 heavy (non-hydrogen) atoms. The average molecular weight is 513 g/mol. The number of carbonyl (C=O) groups excluding carboxylic acids is 2. The quantitative estimate of drug-likeness (QED) is 0.516. The summed E-state index contributed by atoms with van der Waals surface area (Å²) in [5, 5.41) is 3.18. The summed E-state index contributed by atoms with van der Waals surface area (Å²) >= 11 is 5.98. The first-order valence-corrected chi connectivity index (χ1v) is 12.4. The fourth-order valence-corrected chi connectivity index (χ4v) is 4.59. The fourth-order valence-electron chi connectivity index (χ4n) is 4.43. The van der Waals surface area contributed by atoms with Crippen LogP contribution < -0.4 is 10.2 Å². The van der Waals surface area contributed by atoms with Crippen molar-refractivity contribution in [1.29, 1.82) is 0 Å². The van der Waals surface area contributed by atoms with Gasteiger partial charge in [0, 0.05) is 36.9 Å². The second-order valence-corrected chi connectivity index (χ2v) is 10.4. The molecule has 0 saturated heterocycles. The third-order valence-corrected chi connectivity index (χ3v) is 6.49. The van der Waals surface area contributed by atoms with E-state index >= 15 is 0 Å². The van der Waals surface area contributed by atoms with Gasteiger partial charge >= 0.3 is 0 Å². The zero-order chi connectivity index (χ0) is 26.0. The molecule has 1 N–H and O–H groups in total. The van der Waals surface area contributed by atoms with Crippen LogP contribution in [0.4, 0.5) is 10.3 Å². The Hall–Kier alpha value is -3.33. The van der Waals surface area contributed by atoms with Crippen LogP contribution in [-0.2, 0) is 17.9 Å². The molecular weight excluding hydrogens is 483 g/mol. The van der Waals surface area contributed by atoms with Crippen molar-refractivity contribution in [3.8, 4) is 11.4 Å². The Morgan fingerprint density at radius 1 is 1.19 bits per heavy atom. The smallest absolute Gasteiger partial charge is 0.272 e. The molecule has 0 unspecified atom stereocenters. The molecule has 1 aliphatic heterocycles. The monoisotopic (exact) mass is 512 g/mol. The van der Waals surface area contributed by atoms with Gasteiger partial charge in [-0.3, -0.25) is 9.59 Å². The highest BCUT2D eigenvalue weighted by molar-refractivity contribution is 6.30. The molecule has 1 aliphatic rings. The summed E-state index contributed by atoms with van der Waals surface area (Å²) in [5.74, 6) is -0.189. The van der Waals surface area contributed by atoms with Gasteiger partial charge in [0.15, 0.2) is 11.5 Å². The number of halogens is 2. The van der Waals surface area contributed by atoms with E-state index in [1.54, 1.807) is 37.5 Å². The Kier molecular flexibility index (Phi) is 7.40. The predicted octanol–water partition coefficient (Wildman–Crippen LogP) is 4.67. The number of nitrogens with zero attached hydrogens (tertiary/aromatic N) is 5. The van der Waals surface area contributed by atoms with Crippen LogP contribution >= 0.6 is 11.6 Å². The molecule has 3 aromatic rings. The molecule has 10 heteroatoms. The molecule has 0 saturated carbocycles. The standard InChI is InChI=1S/C26H30ClFN6O2/c1-5-20(35)22(26(2,3)4)32-24(36)21-19-15-33(25-29-10-6-11-30-25)12-7-13-34(19)23(31-21)17-9-8-16(27)14-18(17)28/h6,8-11,14,22H,5,7,12-13,15H2,1-4H3,(H,32,36)/t22-/m1/s1. The van der Waals surface area contributed by atoms with Gasteiger partial charge in [-0.2, -0.15) is 0 Å². The van der Waals surface area contributed by atoms with E-state index in [1.165, 1.54) is 6.07 Å². The molecule has 0 bridgehead atoms. The third kappa shape index (κ3) is 5.26. The molecule has 0 radical (unpaired) electrons. The van der Waals surface area contributed by atoms with E-state index in [2.05, 4.69) is 20.3 Å². The Balaban J connectivity index is 1.81. The summed E-state index contributed by atoms with van der Waals surface area (Å²) in [4.78, 5) is 41.6. The molecule has 0 fully saturated rings. The number of anilines is 1.